The van der Waals surface area contributed by atoms with Crippen molar-refractivity contribution in [3.63, 3.8) is 0 Å². The van der Waals surface area contributed by atoms with Crippen molar-refractivity contribution in [3.05, 3.63) is 142 Å². The average Bonchev–Trinajstić information content (AvgIpc) is 3.79. The third-order valence-electron chi connectivity index (χ3n) is 9.39. The molecule has 0 radical (unpaired) electrons. The first kappa shape index (κ1) is 27.1. The molecule has 44 heavy (non-hydrogen) atoms. The van der Waals surface area contributed by atoms with Gasteiger partial charge in [-0.3, -0.25) is 9.48 Å². The van der Waals surface area contributed by atoms with E-state index >= 15 is 0 Å². The number of rotatable bonds is 6. The van der Waals surface area contributed by atoms with Crippen LogP contribution in [0.5, 0.6) is 5.75 Å². The molecule has 4 heterocycles. The largest absolute Gasteiger partial charge is 0.491 e. The molecule has 1 fully saturated rings. The predicted octanol–water partition coefficient (Wildman–Crippen LogP) is 7.38. The Hall–Kier alpha value is -4.46. The number of nitrogens with zero attached hydrogens (tertiary/aromatic N) is 2. The van der Waals surface area contributed by atoms with Gasteiger partial charge in [-0.25, -0.2) is 0 Å². The number of aromatic nitrogens is 3. The molecule has 0 amide bonds. The van der Waals surface area contributed by atoms with Crippen molar-refractivity contribution in [1.82, 2.24) is 14.8 Å². The fraction of sp³-hybridized carbons (Fsp3) is 0.243. The van der Waals surface area contributed by atoms with Crippen molar-refractivity contribution in [2.24, 2.45) is 0 Å². The molecule has 0 unspecified atom stereocenters. The highest BCUT2D eigenvalue weighted by Gasteiger charge is 2.41. The topological polar surface area (TPSA) is 80.1 Å². The van der Waals surface area contributed by atoms with Gasteiger partial charge < -0.3 is 14.8 Å². The van der Waals surface area contributed by atoms with Crippen LogP contribution in [0.15, 0.2) is 108 Å². The molecule has 1 aliphatic carbocycles. The first-order valence-electron chi connectivity index (χ1n) is 15.4. The Bertz CT molecular complexity index is 1910. The highest BCUT2D eigenvalue weighted by atomic mass is 32.1. The van der Waals surface area contributed by atoms with E-state index < -0.39 is 11.1 Å². The van der Waals surface area contributed by atoms with Gasteiger partial charge in [-0.2, -0.15) is 5.10 Å². The van der Waals surface area contributed by atoms with Gasteiger partial charge in [0.2, 0.25) is 0 Å². The number of thiophene rings is 1. The lowest BCUT2D eigenvalue weighted by molar-refractivity contribution is 0.0390. The number of aromatic amines is 1. The molecule has 7 heteroatoms. The minimum Gasteiger partial charge on any atom is -0.491 e. The highest BCUT2D eigenvalue weighted by molar-refractivity contribution is 7.22. The van der Waals surface area contributed by atoms with Gasteiger partial charge in [0.15, 0.2) is 0 Å². The van der Waals surface area contributed by atoms with E-state index in [0.717, 1.165) is 69.5 Å². The van der Waals surface area contributed by atoms with E-state index in [1.165, 1.54) is 11.3 Å². The van der Waals surface area contributed by atoms with Crippen LogP contribution in [0.4, 0.5) is 0 Å². The Labute approximate surface area is 259 Å². The number of pyridine rings is 1. The van der Waals surface area contributed by atoms with Gasteiger partial charge in [-0.05, 0) is 47.9 Å². The molecule has 0 atom stereocenters. The van der Waals surface area contributed by atoms with E-state index in [1.54, 1.807) is 0 Å². The van der Waals surface area contributed by atoms with Crippen LogP contribution in [0.3, 0.4) is 0 Å². The number of ether oxygens (including phenoxy) is 1. The standard InChI is InChI=1S/C37H33N3O3S/c41-35-33-30-29(34(39-35)36(42)20-10-11-21-36)19-12-22-43-31(30)32(44-33)25-23-38-40(24-25)37(26-13-4-1-5-14-26,27-15-6-2-7-16-27)28-17-8-3-9-18-28/h1-9,13-18,23-24,42H,10-12,19-22H2,(H,39,41). The molecule has 0 saturated heterocycles. The van der Waals surface area contributed by atoms with Crippen LogP contribution in [-0.2, 0) is 17.6 Å². The molecule has 0 spiro atoms. The first-order valence-corrected chi connectivity index (χ1v) is 16.2. The molecular weight excluding hydrogens is 566 g/mol. The Balaban J connectivity index is 1.37. The number of aryl methyl sites for hydroxylation is 1. The lowest BCUT2D eigenvalue weighted by Crippen LogP contribution is -2.38. The van der Waals surface area contributed by atoms with E-state index in [0.29, 0.717) is 29.8 Å². The van der Waals surface area contributed by atoms with Gasteiger partial charge in [0.05, 0.1) is 23.4 Å². The zero-order chi connectivity index (χ0) is 29.7. The predicted molar refractivity (Wildman–Crippen MR) is 174 cm³/mol. The van der Waals surface area contributed by atoms with E-state index in [1.807, 2.05) is 29.1 Å². The Kier molecular flexibility index (Phi) is 6.54. The van der Waals surface area contributed by atoms with Crippen molar-refractivity contribution in [2.75, 3.05) is 6.61 Å². The summed E-state index contributed by atoms with van der Waals surface area (Å²) >= 11 is 1.45. The Morgan fingerprint density at radius 2 is 1.45 bits per heavy atom. The molecule has 1 aliphatic heterocycles. The van der Waals surface area contributed by atoms with Gasteiger partial charge in [-0.1, -0.05) is 104 Å². The molecule has 1 saturated carbocycles. The van der Waals surface area contributed by atoms with Crippen LogP contribution < -0.4 is 10.3 Å². The second kappa shape index (κ2) is 10.6. The molecule has 8 rings (SSSR count). The summed E-state index contributed by atoms with van der Waals surface area (Å²) in [6, 6.07) is 31.4. The van der Waals surface area contributed by atoms with E-state index in [2.05, 4.69) is 84.0 Å². The zero-order valence-corrected chi connectivity index (χ0v) is 25.1. The zero-order valence-electron chi connectivity index (χ0n) is 24.3. The van der Waals surface area contributed by atoms with Crippen molar-refractivity contribution in [1.29, 1.82) is 0 Å². The number of aliphatic hydroxyl groups is 1. The summed E-state index contributed by atoms with van der Waals surface area (Å²) in [6.45, 7) is 0.551. The van der Waals surface area contributed by atoms with Gasteiger partial charge in [-0.15, -0.1) is 11.3 Å². The summed E-state index contributed by atoms with van der Waals surface area (Å²) in [5.41, 5.74) is 3.98. The van der Waals surface area contributed by atoms with E-state index in [-0.39, 0.29) is 5.56 Å². The summed E-state index contributed by atoms with van der Waals surface area (Å²) in [5, 5.41) is 17.5. The second-order valence-corrected chi connectivity index (χ2v) is 13.0. The quantitative estimate of drug-likeness (QED) is 0.196. The third kappa shape index (κ3) is 4.10. The number of nitrogens with one attached hydrogen (secondary N) is 1. The van der Waals surface area contributed by atoms with Gasteiger partial charge in [0, 0.05) is 17.1 Å². The van der Waals surface area contributed by atoms with Crippen LogP contribution in [-0.4, -0.2) is 26.5 Å². The maximum Gasteiger partial charge on any atom is 0.266 e. The molecule has 220 valence electrons. The van der Waals surface area contributed by atoms with Crippen LogP contribution in [0.25, 0.3) is 20.5 Å². The molecule has 3 aromatic carbocycles. The number of benzene rings is 3. The number of hydrogen-bond donors (Lipinski definition) is 2. The summed E-state index contributed by atoms with van der Waals surface area (Å²) in [5.74, 6) is 0.732. The van der Waals surface area contributed by atoms with E-state index in [9.17, 15) is 9.90 Å². The van der Waals surface area contributed by atoms with Crippen molar-refractivity contribution in [3.8, 4) is 16.2 Å². The summed E-state index contributed by atoms with van der Waals surface area (Å²) < 4.78 is 9.13. The fourth-order valence-corrected chi connectivity index (χ4v) is 8.53. The smallest absolute Gasteiger partial charge is 0.266 e. The highest BCUT2D eigenvalue weighted by Crippen LogP contribution is 2.50. The molecular formula is C37H33N3O3S. The maximum atomic E-state index is 13.6. The van der Waals surface area contributed by atoms with Crippen molar-refractivity contribution >= 4 is 21.4 Å². The lowest BCUT2D eigenvalue weighted by Gasteiger charge is -2.36. The molecule has 3 aromatic heterocycles. The minimum atomic E-state index is -0.988. The Morgan fingerprint density at radius 1 is 0.864 bits per heavy atom. The normalized spacial score (nSPS) is 16.1. The number of H-pyrrole nitrogens is 1. The molecule has 2 aliphatic rings. The van der Waals surface area contributed by atoms with E-state index in [4.69, 9.17) is 9.84 Å². The van der Waals surface area contributed by atoms with Crippen LogP contribution in [0.2, 0.25) is 0 Å². The summed E-state index contributed by atoms with van der Waals surface area (Å²) in [6.07, 6.45) is 8.80. The molecule has 6 aromatic rings. The van der Waals surface area contributed by atoms with Gasteiger partial charge in [0.1, 0.15) is 21.6 Å². The third-order valence-corrected chi connectivity index (χ3v) is 10.6. The van der Waals surface area contributed by atoms with Crippen LogP contribution in [0.1, 0.15) is 60.1 Å². The molecule has 0 bridgehead atoms. The van der Waals surface area contributed by atoms with Crippen LogP contribution in [0, 0.1) is 0 Å². The fourth-order valence-electron chi connectivity index (χ4n) is 7.39. The number of hydrogen-bond acceptors (Lipinski definition) is 5. The minimum absolute atomic E-state index is 0.165. The average molecular weight is 600 g/mol. The lowest BCUT2D eigenvalue weighted by atomic mass is 9.77. The summed E-state index contributed by atoms with van der Waals surface area (Å²) in [7, 11) is 0. The first-order chi connectivity index (χ1) is 21.6. The summed E-state index contributed by atoms with van der Waals surface area (Å²) in [4.78, 5) is 17.6. The Morgan fingerprint density at radius 3 is 2.05 bits per heavy atom. The SMILES string of the molecule is O=c1[nH]c(C2(O)CCCC2)c2c3c(c(-c4cnn(C(c5ccccc5)(c5ccccc5)c5ccccc5)c4)sc13)OCCC2. The second-order valence-electron chi connectivity index (χ2n) is 11.9. The van der Waals surface area contributed by atoms with Crippen LogP contribution >= 0.6 is 11.3 Å². The van der Waals surface area contributed by atoms with Gasteiger partial charge in [0.25, 0.3) is 5.56 Å². The molecule has 6 nitrogen and oxygen atoms in total. The van der Waals surface area contributed by atoms with Gasteiger partial charge >= 0.3 is 0 Å². The monoisotopic (exact) mass is 599 g/mol. The van der Waals surface area contributed by atoms with Crippen molar-refractivity contribution < 1.29 is 9.84 Å². The maximum absolute atomic E-state index is 13.6. The molecule has 2 N–H and O–H groups in total. The van der Waals surface area contributed by atoms with Crippen molar-refractivity contribution in [2.45, 2.75) is 49.7 Å².